The van der Waals surface area contributed by atoms with Gasteiger partial charge in [0.15, 0.2) is 0 Å². The second-order valence-corrected chi connectivity index (χ2v) is 5.55. The maximum absolute atomic E-state index is 5.96. The molecule has 0 amide bonds. The molecule has 1 aromatic carbocycles. The summed E-state index contributed by atoms with van der Waals surface area (Å²) in [5.41, 5.74) is 0.947. The fourth-order valence-corrected chi connectivity index (χ4v) is 2.27. The van der Waals surface area contributed by atoms with Crippen LogP contribution in [-0.4, -0.2) is 25.7 Å². The molecule has 0 N–H and O–H groups in total. The lowest BCUT2D eigenvalue weighted by atomic mass is 10.2. The average Bonchev–Trinajstić information content (AvgIpc) is 2.98. The van der Waals surface area contributed by atoms with Gasteiger partial charge in [-0.15, -0.1) is 0 Å². The lowest BCUT2D eigenvalue weighted by molar-refractivity contribution is 0.242. The highest BCUT2D eigenvalue weighted by Gasteiger charge is 2.09. The Labute approximate surface area is 135 Å². The minimum atomic E-state index is 0.147. The monoisotopic (exact) mass is 312 g/mol. The number of rotatable bonds is 6. The summed E-state index contributed by atoms with van der Waals surface area (Å²) in [5, 5.41) is 4.17. The van der Waals surface area contributed by atoms with Gasteiger partial charge < -0.3 is 9.47 Å². The minimum Gasteiger partial charge on any atom is -0.491 e. The zero-order valence-electron chi connectivity index (χ0n) is 13.6. The topological polar surface area (TPSA) is 61.5 Å². The molecule has 0 saturated heterocycles. The molecular formula is C17H20N4O2. The van der Waals surface area contributed by atoms with Gasteiger partial charge in [-0.25, -0.2) is 4.98 Å². The highest BCUT2D eigenvalue weighted by atomic mass is 16.5. The molecule has 3 rings (SSSR count). The molecule has 0 aliphatic rings. The molecule has 0 saturated carbocycles. The van der Waals surface area contributed by atoms with E-state index in [2.05, 4.69) is 22.0 Å². The summed E-state index contributed by atoms with van der Waals surface area (Å²) >= 11 is 0. The van der Waals surface area contributed by atoms with Crippen molar-refractivity contribution in [2.45, 2.75) is 39.7 Å². The fraction of sp³-hybridized carbons (Fsp3) is 0.353. The molecule has 0 bridgehead atoms. The van der Waals surface area contributed by atoms with Crippen LogP contribution in [0.15, 0.2) is 36.7 Å². The molecule has 0 aliphatic carbocycles. The standard InChI is InChI=1S/C17H20N4O2/c1-4-5-13-10-16(21-17(20-13)18-11-19-21)23-15-8-6-14(7-9-15)22-12(2)3/h6-12H,4-5H2,1-3H3. The fourth-order valence-electron chi connectivity index (χ4n) is 2.27. The Kier molecular flexibility index (Phi) is 4.41. The Hall–Kier alpha value is -2.63. The van der Waals surface area contributed by atoms with Gasteiger partial charge in [0.2, 0.25) is 5.88 Å². The Balaban J connectivity index is 1.86. The second kappa shape index (κ2) is 6.64. The van der Waals surface area contributed by atoms with Crippen LogP contribution in [0.1, 0.15) is 32.9 Å². The third kappa shape index (κ3) is 3.59. The zero-order valence-corrected chi connectivity index (χ0v) is 13.6. The Morgan fingerprint density at radius 3 is 2.57 bits per heavy atom. The highest BCUT2D eigenvalue weighted by Crippen LogP contribution is 2.25. The van der Waals surface area contributed by atoms with Crippen LogP contribution >= 0.6 is 0 Å². The van der Waals surface area contributed by atoms with Crippen molar-refractivity contribution in [3.8, 4) is 17.4 Å². The average molecular weight is 312 g/mol. The quantitative estimate of drug-likeness (QED) is 0.695. The van der Waals surface area contributed by atoms with E-state index in [0.717, 1.165) is 24.3 Å². The predicted octanol–water partition coefficient (Wildman–Crippen LogP) is 3.66. The van der Waals surface area contributed by atoms with Crippen LogP contribution < -0.4 is 9.47 Å². The van der Waals surface area contributed by atoms with Crippen LogP contribution in [0.5, 0.6) is 17.4 Å². The molecule has 0 aliphatic heterocycles. The van der Waals surface area contributed by atoms with E-state index in [9.17, 15) is 0 Å². The van der Waals surface area contributed by atoms with E-state index < -0.39 is 0 Å². The third-order valence-electron chi connectivity index (χ3n) is 3.20. The molecule has 0 unspecified atom stereocenters. The van der Waals surface area contributed by atoms with Crippen LogP contribution in [0, 0.1) is 0 Å². The smallest absolute Gasteiger partial charge is 0.255 e. The summed E-state index contributed by atoms with van der Waals surface area (Å²) in [6.45, 7) is 6.11. The zero-order chi connectivity index (χ0) is 16.2. The first-order valence-electron chi connectivity index (χ1n) is 7.80. The molecule has 120 valence electrons. The summed E-state index contributed by atoms with van der Waals surface area (Å²) in [5.74, 6) is 2.69. The normalized spacial score (nSPS) is 11.1. The molecule has 3 aromatic rings. The van der Waals surface area contributed by atoms with Gasteiger partial charge in [0.1, 0.15) is 17.8 Å². The Morgan fingerprint density at radius 2 is 1.87 bits per heavy atom. The predicted molar refractivity (Wildman–Crippen MR) is 87.1 cm³/mol. The van der Waals surface area contributed by atoms with E-state index in [1.165, 1.54) is 6.33 Å². The van der Waals surface area contributed by atoms with Crippen molar-refractivity contribution < 1.29 is 9.47 Å². The van der Waals surface area contributed by atoms with Gasteiger partial charge in [-0.2, -0.15) is 14.6 Å². The van der Waals surface area contributed by atoms with Crippen molar-refractivity contribution in [2.24, 2.45) is 0 Å². The van der Waals surface area contributed by atoms with Crippen molar-refractivity contribution in [1.82, 2.24) is 19.6 Å². The minimum absolute atomic E-state index is 0.147. The van der Waals surface area contributed by atoms with Gasteiger partial charge in [0.25, 0.3) is 5.78 Å². The summed E-state index contributed by atoms with van der Waals surface area (Å²) in [6, 6.07) is 9.44. The maximum atomic E-state index is 5.96. The number of fused-ring (bicyclic) bond motifs is 1. The van der Waals surface area contributed by atoms with Crippen LogP contribution in [-0.2, 0) is 6.42 Å². The summed E-state index contributed by atoms with van der Waals surface area (Å²) in [4.78, 5) is 8.61. The number of nitrogens with zero attached hydrogens (tertiary/aromatic N) is 4. The number of aromatic nitrogens is 4. The Bertz CT molecular complexity index is 781. The third-order valence-corrected chi connectivity index (χ3v) is 3.20. The maximum Gasteiger partial charge on any atom is 0.255 e. The largest absolute Gasteiger partial charge is 0.491 e. The van der Waals surface area contributed by atoms with E-state index >= 15 is 0 Å². The van der Waals surface area contributed by atoms with Gasteiger partial charge >= 0.3 is 0 Å². The van der Waals surface area contributed by atoms with E-state index in [1.54, 1.807) is 4.52 Å². The molecular weight excluding hydrogens is 292 g/mol. The molecule has 2 aromatic heterocycles. The molecule has 23 heavy (non-hydrogen) atoms. The van der Waals surface area contributed by atoms with Crippen LogP contribution in [0.4, 0.5) is 0 Å². The lowest BCUT2D eigenvalue weighted by Crippen LogP contribution is -2.05. The number of hydrogen-bond acceptors (Lipinski definition) is 5. The Morgan fingerprint density at radius 1 is 1.13 bits per heavy atom. The highest BCUT2D eigenvalue weighted by molar-refractivity contribution is 5.38. The van der Waals surface area contributed by atoms with Gasteiger partial charge in [-0.1, -0.05) is 13.3 Å². The van der Waals surface area contributed by atoms with Gasteiger partial charge in [-0.3, -0.25) is 0 Å². The van der Waals surface area contributed by atoms with Crippen molar-refractivity contribution in [1.29, 1.82) is 0 Å². The molecule has 0 spiro atoms. The van der Waals surface area contributed by atoms with E-state index in [0.29, 0.717) is 17.4 Å². The molecule has 0 radical (unpaired) electrons. The number of ether oxygens (including phenoxy) is 2. The van der Waals surface area contributed by atoms with E-state index in [4.69, 9.17) is 9.47 Å². The van der Waals surface area contributed by atoms with Crippen molar-refractivity contribution in [3.63, 3.8) is 0 Å². The van der Waals surface area contributed by atoms with E-state index in [-0.39, 0.29) is 6.10 Å². The van der Waals surface area contributed by atoms with Crippen LogP contribution in [0.25, 0.3) is 5.78 Å². The first-order valence-corrected chi connectivity index (χ1v) is 7.80. The molecule has 6 nitrogen and oxygen atoms in total. The van der Waals surface area contributed by atoms with Gasteiger partial charge in [0, 0.05) is 11.8 Å². The SMILES string of the molecule is CCCc1cc(Oc2ccc(OC(C)C)cc2)n2ncnc2n1. The van der Waals surface area contributed by atoms with Crippen molar-refractivity contribution >= 4 is 5.78 Å². The molecule has 0 fully saturated rings. The van der Waals surface area contributed by atoms with Crippen LogP contribution in [0.3, 0.4) is 0 Å². The molecule has 6 heteroatoms. The summed E-state index contributed by atoms with van der Waals surface area (Å²) < 4.78 is 13.2. The number of hydrogen-bond donors (Lipinski definition) is 0. The second-order valence-electron chi connectivity index (χ2n) is 5.55. The summed E-state index contributed by atoms with van der Waals surface area (Å²) in [6.07, 6.45) is 3.51. The first kappa shape index (κ1) is 15.3. The molecule has 0 atom stereocenters. The number of aryl methyl sites for hydroxylation is 1. The van der Waals surface area contributed by atoms with Gasteiger partial charge in [0.05, 0.1) is 6.10 Å². The lowest BCUT2D eigenvalue weighted by Gasteiger charge is -2.11. The van der Waals surface area contributed by atoms with Crippen molar-refractivity contribution in [3.05, 3.63) is 42.4 Å². The van der Waals surface area contributed by atoms with Crippen LogP contribution in [0.2, 0.25) is 0 Å². The summed E-state index contributed by atoms with van der Waals surface area (Å²) in [7, 11) is 0. The molecule has 2 heterocycles. The number of benzene rings is 1. The van der Waals surface area contributed by atoms with Crippen molar-refractivity contribution in [2.75, 3.05) is 0 Å². The van der Waals surface area contributed by atoms with Gasteiger partial charge in [-0.05, 0) is 44.5 Å². The first-order chi connectivity index (χ1) is 11.2. The van der Waals surface area contributed by atoms with E-state index in [1.807, 2.05) is 44.2 Å².